The van der Waals surface area contributed by atoms with Crippen molar-refractivity contribution in [3.8, 4) is 11.5 Å². The van der Waals surface area contributed by atoms with Crippen molar-refractivity contribution in [2.45, 2.75) is 13.0 Å². The van der Waals surface area contributed by atoms with E-state index in [4.69, 9.17) is 10.5 Å². The van der Waals surface area contributed by atoms with Gasteiger partial charge < -0.3 is 15.8 Å². The van der Waals surface area contributed by atoms with Crippen LogP contribution in [0.5, 0.6) is 11.5 Å². The first-order valence-electron chi connectivity index (χ1n) is 6.55. The fraction of sp³-hybridized carbons (Fsp3) is 0.188. The van der Waals surface area contributed by atoms with Crippen molar-refractivity contribution in [2.24, 2.45) is 5.73 Å². The first-order chi connectivity index (χ1) is 9.74. The third kappa shape index (κ3) is 4.74. The molecule has 0 atom stereocenters. The summed E-state index contributed by atoms with van der Waals surface area (Å²) in [5.74, 6) is 1.32. The minimum absolute atomic E-state index is 0.293. The smallest absolute Gasteiger partial charge is 0.218 e. The van der Waals surface area contributed by atoms with E-state index in [1.165, 1.54) is 0 Å². The summed E-state index contributed by atoms with van der Waals surface area (Å²) < 4.78 is 5.76. The molecule has 0 fully saturated rings. The zero-order chi connectivity index (χ0) is 14.2. The molecule has 3 N–H and O–H groups in total. The van der Waals surface area contributed by atoms with Crippen LogP contribution in [0.1, 0.15) is 12.0 Å². The number of hydrogen-bond acceptors (Lipinski definition) is 3. The number of rotatable bonds is 7. The largest absolute Gasteiger partial charge is 0.457 e. The second-order valence-electron chi connectivity index (χ2n) is 4.46. The maximum Gasteiger partial charge on any atom is 0.218 e. The van der Waals surface area contributed by atoms with Crippen molar-refractivity contribution in [3.05, 3.63) is 60.2 Å². The summed E-state index contributed by atoms with van der Waals surface area (Å²) in [4.78, 5) is 10.6. The van der Waals surface area contributed by atoms with E-state index in [2.05, 4.69) is 5.32 Å². The fourth-order valence-electron chi connectivity index (χ4n) is 1.79. The van der Waals surface area contributed by atoms with Gasteiger partial charge in [0.2, 0.25) is 5.91 Å². The zero-order valence-electron chi connectivity index (χ0n) is 11.2. The summed E-state index contributed by atoms with van der Waals surface area (Å²) in [7, 11) is 0. The molecule has 104 valence electrons. The molecule has 0 heterocycles. The number of amides is 1. The first-order valence-corrected chi connectivity index (χ1v) is 6.55. The van der Waals surface area contributed by atoms with Gasteiger partial charge in [-0.05, 0) is 29.8 Å². The van der Waals surface area contributed by atoms with Gasteiger partial charge in [0.1, 0.15) is 11.5 Å². The third-order valence-electron chi connectivity index (χ3n) is 2.75. The zero-order valence-corrected chi connectivity index (χ0v) is 11.2. The van der Waals surface area contributed by atoms with Crippen molar-refractivity contribution < 1.29 is 9.53 Å². The van der Waals surface area contributed by atoms with Crippen LogP contribution >= 0.6 is 0 Å². The lowest BCUT2D eigenvalue weighted by molar-refractivity contribution is -0.117. The summed E-state index contributed by atoms with van der Waals surface area (Å²) in [5.41, 5.74) is 6.18. The Morgan fingerprint density at radius 2 is 1.80 bits per heavy atom. The van der Waals surface area contributed by atoms with Crippen LogP contribution < -0.4 is 15.8 Å². The van der Waals surface area contributed by atoms with Gasteiger partial charge in [-0.1, -0.05) is 30.3 Å². The molecule has 2 rings (SSSR count). The minimum atomic E-state index is -0.293. The molecule has 0 aliphatic carbocycles. The number of primary amides is 1. The van der Waals surface area contributed by atoms with Crippen molar-refractivity contribution in [1.29, 1.82) is 0 Å². The maximum absolute atomic E-state index is 10.6. The van der Waals surface area contributed by atoms with Gasteiger partial charge in [-0.2, -0.15) is 0 Å². The summed E-state index contributed by atoms with van der Waals surface area (Å²) in [6.45, 7) is 1.26. The number of nitrogens with one attached hydrogen (secondary N) is 1. The Morgan fingerprint density at radius 3 is 2.55 bits per heavy atom. The van der Waals surface area contributed by atoms with E-state index < -0.39 is 0 Å². The lowest BCUT2D eigenvalue weighted by Crippen LogP contribution is -2.21. The lowest BCUT2D eigenvalue weighted by atomic mass is 10.2. The minimum Gasteiger partial charge on any atom is -0.457 e. The van der Waals surface area contributed by atoms with Gasteiger partial charge in [-0.15, -0.1) is 0 Å². The second kappa shape index (κ2) is 7.31. The highest BCUT2D eigenvalue weighted by atomic mass is 16.5. The number of ether oxygens (including phenoxy) is 1. The molecule has 0 radical (unpaired) electrons. The Bertz CT molecular complexity index is 555. The predicted molar refractivity (Wildman–Crippen MR) is 78.5 cm³/mol. The van der Waals surface area contributed by atoms with E-state index in [-0.39, 0.29) is 5.91 Å². The van der Waals surface area contributed by atoms with Gasteiger partial charge in [0.25, 0.3) is 0 Å². The number of carbonyl (C=O) groups excluding carboxylic acids is 1. The highest BCUT2D eigenvalue weighted by Gasteiger charge is 1.99. The number of benzene rings is 2. The fourth-order valence-corrected chi connectivity index (χ4v) is 1.79. The molecule has 0 saturated heterocycles. The van der Waals surface area contributed by atoms with Crippen LogP contribution in [0.3, 0.4) is 0 Å². The summed E-state index contributed by atoms with van der Waals surface area (Å²) >= 11 is 0. The molecule has 0 spiro atoms. The van der Waals surface area contributed by atoms with Crippen LogP contribution in [0.15, 0.2) is 54.6 Å². The van der Waals surface area contributed by atoms with Crippen LogP contribution in [0.25, 0.3) is 0 Å². The summed E-state index contributed by atoms with van der Waals surface area (Å²) in [6.07, 6.45) is 0.347. The number of carbonyl (C=O) groups is 1. The van der Waals surface area contributed by atoms with Gasteiger partial charge in [0.15, 0.2) is 0 Å². The van der Waals surface area contributed by atoms with Gasteiger partial charge in [0.05, 0.1) is 0 Å². The molecule has 2 aromatic rings. The highest BCUT2D eigenvalue weighted by Crippen LogP contribution is 2.21. The van der Waals surface area contributed by atoms with Crippen molar-refractivity contribution in [1.82, 2.24) is 5.32 Å². The quantitative estimate of drug-likeness (QED) is 0.759. The Hall–Kier alpha value is -2.33. The SMILES string of the molecule is NC(=O)CCNCc1cccc(Oc2ccccc2)c1. The van der Waals surface area contributed by atoms with Crippen LogP contribution in [-0.2, 0) is 11.3 Å². The van der Waals surface area contributed by atoms with E-state index in [1.807, 2.05) is 54.6 Å². The molecule has 0 unspecified atom stereocenters. The molecular formula is C16H18N2O2. The molecule has 2 aromatic carbocycles. The van der Waals surface area contributed by atoms with E-state index in [0.29, 0.717) is 19.5 Å². The molecular weight excluding hydrogens is 252 g/mol. The second-order valence-corrected chi connectivity index (χ2v) is 4.46. The van der Waals surface area contributed by atoms with Crippen LogP contribution in [0.4, 0.5) is 0 Å². The predicted octanol–water partition coefficient (Wildman–Crippen LogP) is 2.44. The average Bonchev–Trinajstić information content (AvgIpc) is 2.45. The normalized spacial score (nSPS) is 10.2. The Kier molecular flexibility index (Phi) is 5.15. The van der Waals surface area contributed by atoms with E-state index >= 15 is 0 Å². The molecule has 0 aliphatic rings. The number of hydrogen-bond donors (Lipinski definition) is 2. The van der Waals surface area contributed by atoms with E-state index in [9.17, 15) is 4.79 Å². The van der Waals surface area contributed by atoms with E-state index in [1.54, 1.807) is 0 Å². The van der Waals surface area contributed by atoms with Crippen LogP contribution in [0.2, 0.25) is 0 Å². The molecule has 4 nitrogen and oxygen atoms in total. The Morgan fingerprint density at radius 1 is 1.05 bits per heavy atom. The molecule has 4 heteroatoms. The molecule has 0 aliphatic heterocycles. The number of nitrogens with two attached hydrogens (primary N) is 1. The van der Waals surface area contributed by atoms with Crippen LogP contribution in [0, 0.1) is 0 Å². The number of para-hydroxylation sites is 1. The first kappa shape index (κ1) is 14.1. The molecule has 0 bridgehead atoms. The standard InChI is InChI=1S/C16H18N2O2/c17-16(19)9-10-18-12-13-5-4-8-15(11-13)20-14-6-2-1-3-7-14/h1-8,11,18H,9-10,12H2,(H2,17,19). The van der Waals surface area contributed by atoms with Gasteiger partial charge in [-0.3, -0.25) is 4.79 Å². The van der Waals surface area contributed by atoms with Gasteiger partial charge >= 0.3 is 0 Å². The highest BCUT2D eigenvalue weighted by molar-refractivity contribution is 5.73. The molecule has 1 amide bonds. The van der Waals surface area contributed by atoms with Gasteiger partial charge in [-0.25, -0.2) is 0 Å². The Balaban J connectivity index is 1.89. The van der Waals surface area contributed by atoms with Crippen molar-refractivity contribution >= 4 is 5.91 Å². The van der Waals surface area contributed by atoms with E-state index in [0.717, 1.165) is 17.1 Å². The summed E-state index contributed by atoms with van der Waals surface area (Å²) in [6, 6.07) is 17.5. The maximum atomic E-state index is 10.6. The van der Waals surface area contributed by atoms with Gasteiger partial charge in [0, 0.05) is 19.5 Å². The molecule has 0 aromatic heterocycles. The van der Waals surface area contributed by atoms with Crippen molar-refractivity contribution in [2.75, 3.05) is 6.54 Å². The Labute approximate surface area is 118 Å². The molecule has 20 heavy (non-hydrogen) atoms. The monoisotopic (exact) mass is 270 g/mol. The van der Waals surface area contributed by atoms with Crippen LogP contribution in [-0.4, -0.2) is 12.5 Å². The third-order valence-corrected chi connectivity index (χ3v) is 2.75. The lowest BCUT2D eigenvalue weighted by Gasteiger charge is -2.08. The topological polar surface area (TPSA) is 64.4 Å². The summed E-state index contributed by atoms with van der Waals surface area (Å²) in [5, 5.41) is 3.17. The molecule has 0 saturated carbocycles. The average molecular weight is 270 g/mol. The van der Waals surface area contributed by atoms with Crippen molar-refractivity contribution in [3.63, 3.8) is 0 Å².